The summed E-state index contributed by atoms with van der Waals surface area (Å²) in [6.07, 6.45) is 0.878. The number of fused-ring (bicyclic) bond motifs is 1. The molecule has 184 valence electrons. The molecule has 0 unspecified atom stereocenters. The van der Waals surface area contributed by atoms with Crippen molar-refractivity contribution in [2.24, 2.45) is 0 Å². The first kappa shape index (κ1) is 25.3. The van der Waals surface area contributed by atoms with Crippen molar-refractivity contribution in [2.75, 3.05) is 45.8 Å². The van der Waals surface area contributed by atoms with Gasteiger partial charge in [-0.3, -0.25) is 9.59 Å². The lowest BCUT2D eigenvalue weighted by atomic mass is 10.0. The molecule has 0 aromatic heterocycles. The maximum Gasteiger partial charge on any atom is 0.224 e. The number of amides is 1. The summed E-state index contributed by atoms with van der Waals surface area (Å²) in [4.78, 5) is 23.1. The Morgan fingerprint density at radius 3 is 2.53 bits per heavy atom. The van der Waals surface area contributed by atoms with Crippen LogP contribution in [0.15, 0.2) is 30.3 Å². The molecule has 1 aliphatic rings. The van der Waals surface area contributed by atoms with Crippen LogP contribution in [0.2, 0.25) is 0 Å². The van der Waals surface area contributed by atoms with Gasteiger partial charge in [-0.25, -0.2) is 0 Å². The Hall–Kier alpha value is -3.30. The Labute approximate surface area is 199 Å². The van der Waals surface area contributed by atoms with E-state index in [1.807, 2.05) is 18.2 Å². The SMILES string of the molecule is COc1ccc(CCNC[C@H](O)COc2ccc(OCC(C)=O)c3c2CCC(=O)N3)cc1OC. The second-order valence-corrected chi connectivity index (χ2v) is 8.06. The average Bonchev–Trinajstić information content (AvgIpc) is 2.83. The number of aliphatic hydroxyl groups excluding tert-OH is 1. The molecule has 2 aromatic carbocycles. The van der Waals surface area contributed by atoms with Gasteiger partial charge in [0.2, 0.25) is 5.91 Å². The number of hydrogen-bond acceptors (Lipinski definition) is 8. The summed E-state index contributed by atoms with van der Waals surface area (Å²) in [6, 6.07) is 9.19. The smallest absolute Gasteiger partial charge is 0.224 e. The van der Waals surface area contributed by atoms with Crippen LogP contribution in [0.3, 0.4) is 0 Å². The lowest BCUT2D eigenvalue weighted by Gasteiger charge is -2.23. The van der Waals surface area contributed by atoms with Crippen LogP contribution in [0.25, 0.3) is 0 Å². The van der Waals surface area contributed by atoms with E-state index in [0.717, 1.165) is 17.5 Å². The highest BCUT2D eigenvalue weighted by molar-refractivity contribution is 5.96. The van der Waals surface area contributed by atoms with Crippen molar-refractivity contribution in [3.8, 4) is 23.0 Å². The number of ether oxygens (including phenoxy) is 4. The van der Waals surface area contributed by atoms with Gasteiger partial charge in [0, 0.05) is 18.5 Å². The molecule has 1 heterocycles. The summed E-state index contributed by atoms with van der Waals surface area (Å²) >= 11 is 0. The molecule has 0 radical (unpaired) electrons. The molecule has 1 atom stereocenters. The summed E-state index contributed by atoms with van der Waals surface area (Å²) < 4.78 is 22.0. The van der Waals surface area contributed by atoms with Gasteiger partial charge in [-0.2, -0.15) is 0 Å². The Morgan fingerprint density at radius 2 is 1.79 bits per heavy atom. The first-order valence-corrected chi connectivity index (χ1v) is 11.2. The van der Waals surface area contributed by atoms with Crippen molar-refractivity contribution in [2.45, 2.75) is 32.3 Å². The summed E-state index contributed by atoms with van der Waals surface area (Å²) in [5.41, 5.74) is 2.42. The van der Waals surface area contributed by atoms with Gasteiger partial charge in [0.25, 0.3) is 0 Å². The number of nitrogens with one attached hydrogen (secondary N) is 2. The lowest BCUT2D eigenvalue weighted by Crippen LogP contribution is -2.32. The van der Waals surface area contributed by atoms with Gasteiger partial charge >= 0.3 is 0 Å². The molecule has 9 heteroatoms. The van der Waals surface area contributed by atoms with E-state index in [2.05, 4.69) is 10.6 Å². The third kappa shape index (κ3) is 6.85. The second-order valence-electron chi connectivity index (χ2n) is 8.06. The first-order chi connectivity index (χ1) is 16.4. The summed E-state index contributed by atoms with van der Waals surface area (Å²) in [5.74, 6) is 2.16. The fraction of sp³-hybridized carbons (Fsp3) is 0.440. The highest BCUT2D eigenvalue weighted by atomic mass is 16.5. The van der Waals surface area contributed by atoms with Crippen LogP contribution < -0.4 is 29.6 Å². The molecule has 0 fully saturated rings. The second kappa shape index (κ2) is 12.2. The summed E-state index contributed by atoms with van der Waals surface area (Å²) in [7, 11) is 3.21. The van der Waals surface area contributed by atoms with E-state index in [1.165, 1.54) is 6.92 Å². The molecule has 2 aromatic rings. The van der Waals surface area contributed by atoms with Crippen molar-refractivity contribution in [1.82, 2.24) is 5.32 Å². The number of benzene rings is 2. The quantitative estimate of drug-likeness (QED) is 0.380. The van der Waals surface area contributed by atoms with Gasteiger partial charge in [0.1, 0.15) is 30.8 Å². The topological polar surface area (TPSA) is 115 Å². The van der Waals surface area contributed by atoms with Gasteiger partial charge in [-0.05, 0) is 56.1 Å². The predicted octanol–water partition coefficient (Wildman–Crippen LogP) is 2.13. The number of methoxy groups -OCH3 is 2. The fourth-order valence-electron chi connectivity index (χ4n) is 3.65. The molecule has 9 nitrogen and oxygen atoms in total. The van der Waals surface area contributed by atoms with Crippen molar-refractivity contribution in [1.29, 1.82) is 0 Å². The fourth-order valence-corrected chi connectivity index (χ4v) is 3.65. The van der Waals surface area contributed by atoms with E-state index in [1.54, 1.807) is 26.4 Å². The van der Waals surface area contributed by atoms with Crippen LogP contribution in [0.5, 0.6) is 23.0 Å². The maximum absolute atomic E-state index is 11.9. The minimum Gasteiger partial charge on any atom is -0.493 e. The van der Waals surface area contributed by atoms with Gasteiger partial charge in [0.05, 0.1) is 19.9 Å². The Bertz CT molecular complexity index is 1010. The first-order valence-electron chi connectivity index (χ1n) is 11.2. The zero-order chi connectivity index (χ0) is 24.5. The van der Waals surface area contributed by atoms with E-state index < -0.39 is 6.10 Å². The van der Waals surface area contributed by atoms with Gasteiger partial charge in [-0.15, -0.1) is 0 Å². The maximum atomic E-state index is 11.9. The van der Waals surface area contributed by atoms with Crippen molar-refractivity contribution in [3.63, 3.8) is 0 Å². The molecule has 0 bridgehead atoms. The summed E-state index contributed by atoms with van der Waals surface area (Å²) in [6.45, 7) is 2.50. The van der Waals surface area contributed by atoms with E-state index in [-0.39, 0.29) is 24.9 Å². The monoisotopic (exact) mass is 472 g/mol. The Kier molecular flexibility index (Phi) is 9.12. The number of rotatable bonds is 13. The van der Waals surface area contributed by atoms with Gasteiger partial charge in [0.15, 0.2) is 17.3 Å². The van der Waals surface area contributed by atoms with E-state index in [0.29, 0.717) is 54.6 Å². The van der Waals surface area contributed by atoms with Crippen LogP contribution in [0.1, 0.15) is 24.5 Å². The predicted molar refractivity (Wildman–Crippen MR) is 127 cm³/mol. The molecule has 0 saturated carbocycles. The zero-order valence-electron chi connectivity index (χ0n) is 19.8. The van der Waals surface area contributed by atoms with Crippen LogP contribution in [-0.2, 0) is 22.4 Å². The largest absolute Gasteiger partial charge is 0.493 e. The van der Waals surface area contributed by atoms with Crippen LogP contribution in [0, 0.1) is 0 Å². The number of hydrogen-bond donors (Lipinski definition) is 3. The number of carbonyl (C=O) groups excluding carboxylic acids is 2. The highest BCUT2D eigenvalue weighted by Crippen LogP contribution is 2.39. The number of anilines is 1. The molecular weight excluding hydrogens is 440 g/mol. The Balaban J connectivity index is 1.50. The molecule has 0 saturated heterocycles. The van der Waals surface area contributed by atoms with Crippen LogP contribution >= 0.6 is 0 Å². The van der Waals surface area contributed by atoms with Crippen molar-refractivity contribution < 1.29 is 33.6 Å². The van der Waals surface area contributed by atoms with Crippen molar-refractivity contribution in [3.05, 3.63) is 41.5 Å². The third-order valence-corrected chi connectivity index (χ3v) is 5.38. The standard InChI is InChI=1S/C25H32N2O7/c1-16(28)14-33-22-8-7-20(19-5-9-24(30)27-25(19)22)34-15-18(29)13-26-11-10-17-4-6-21(31-2)23(12-17)32-3/h4,6-8,12,18,26,29H,5,9-11,13-15H2,1-3H3,(H,27,30)/t18-/m0/s1. The van der Waals surface area contributed by atoms with Gasteiger partial charge in [-0.1, -0.05) is 6.07 Å². The lowest BCUT2D eigenvalue weighted by molar-refractivity contribution is -0.119. The number of carbonyl (C=O) groups is 2. The molecule has 0 aliphatic carbocycles. The zero-order valence-corrected chi connectivity index (χ0v) is 19.8. The molecule has 1 amide bonds. The molecule has 3 N–H and O–H groups in total. The molecule has 1 aliphatic heterocycles. The molecule has 0 spiro atoms. The minimum atomic E-state index is -0.715. The van der Waals surface area contributed by atoms with Crippen LogP contribution in [0.4, 0.5) is 5.69 Å². The van der Waals surface area contributed by atoms with Crippen molar-refractivity contribution >= 4 is 17.4 Å². The molecule has 3 rings (SSSR count). The number of aliphatic hydroxyl groups is 1. The number of ketones is 1. The van der Waals surface area contributed by atoms with E-state index in [4.69, 9.17) is 18.9 Å². The Morgan fingerprint density at radius 1 is 1.06 bits per heavy atom. The minimum absolute atomic E-state index is 0.0732. The highest BCUT2D eigenvalue weighted by Gasteiger charge is 2.23. The normalized spacial score (nSPS) is 13.5. The third-order valence-electron chi connectivity index (χ3n) is 5.38. The van der Waals surface area contributed by atoms with E-state index in [9.17, 15) is 14.7 Å². The molecule has 34 heavy (non-hydrogen) atoms. The van der Waals surface area contributed by atoms with Crippen LogP contribution in [-0.4, -0.2) is 63.4 Å². The van der Waals surface area contributed by atoms with E-state index >= 15 is 0 Å². The molecular formula is C25H32N2O7. The average molecular weight is 473 g/mol. The van der Waals surface area contributed by atoms with Gasteiger partial charge < -0.3 is 34.7 Å². The summed E-state index contributed by atoms with van der Waals surface area (Å²) in [5, 5.41) is 16.4. The number of Topliss-reactive ketones (excluding diaryl/α,β-unsaturated/α-hetero) is 1.